The normalized spacial score (nSPS) is 10.3. The molecule has 4 nitrogen and oxygen atoms in total. The van der Waals surface area contributed by atoms with Crippen LogP contribution in [-0.4, -0.2) is 22.9 Å². The minimum absolute atomic E-state index is 0.359. The molecule has 0 N–H and O–H groups in total. The Hall–Kier alpha value is -1.84. The van der Waals surface area contributed by atoms with Crippen molar-refractivity contribution in [3.8, 4) is 0 Å². The molecule has 0 fully saturated rings. The third kappa shape index (κ3) is 1.74. The Morgan fingerprint density at radius 2 is 2.29 bits per heavy atom. The molecule has 0 radical (unpaired) electrons. The van der Waals surface area contributed by atoms with E-state index >= 15 is 0 Å². The third-order valence-electron chi connectivity index (χ3n) is 1.97. The first kappa shape index (κ1) is 8.74. The SMILES string of the molecule is O=COCCn1cc2ccccc2n1. The number of fused-ring (bicyclic) bond motifs is 1. The van der Waals surface area contributed by atoms with Gasteiger partial charge in [-0.2, -0.15) is 5.10 Å². The minimum atomic E-state index is 0.359. The highest BCUT2D eigenvalue weighted by Crippen LogP contribution is 2.10. The van der Waals surface area contributed by atoms with Crippen LogP contribution in [0.15, 0.2) is 30.5 Å². The van der Waals surface area contributed by atoms with E-state index in [0.717, 1.165) is 10.9 Å². The highest BCUT2D eigenvalue weighted by atomic mass is 16.5. The molecular weight excluding hydrogens is 180 g/mol. The van der Waals surface area contributed by atoms with Crippen molar-refractivity contribution < 1.29 is 9.53 Å². The number of ether oxygens (including phenoxy) is 1. The van der Waals surface area contributed by atoms with Crippen LogP contribution in [-0.2, 0) is 16.1 Å². The lowest BCUT2D eigenvalue weighted by Gasteiger charge is -1.97. The molecule has 2 aromatic rings. The van der Waals surface area contributed by atoms with E-state index in [9.17, 15) is 4.79 Å². The molecule has 0 unspecified atom stereocenters. The number of rotatable bonds is 4. The average Bonchev–Trinajstić information content (AvgIpc) is 2.60. The summed E-state index contributed by atoms with van der Waals surface area (Å²) in [7, 11) is 0. The van der Waals surface area contributed by atoms with Gasteiger partial charge in [0.2, 0.25) is 0 Å². The predicted octanol–water partition coefficient (Wildman–Crippen LogP) is 1.21. The number of nitrogens with zero attached hydrogens (tertiary/aromatic N) is 2. The Morgan fingerprint density at radius 1 is 1.43 bits per heavy atom. The lowest BCUT2D eigenvalue weighted by Crippen LogP contribution is -2.05. The van der Waals surface area contributed by atoms with E-state index in [2.05, 4.69) is 9.84 Å². The van der Waals surface area contributed by atoms with Gasteiger partial charge in [0.05, 0.1) is 12.1 Å². The van der Waals surface area contributed by atoms with E-state index in [-0.39, 0.29) is 0 Å². The summed E-state index contributed by atoms with van der Waals surface area (Å²) in [5, 5.41) is 5.40. The van der Waals surface area contributed by atoms with Crippen molar-refractivity contribution in [2.75, 3.05) is 6.61 Å². The smallest absolute Gasteiger partial charge is 0.293 e. The lowest BCUT2D eigenvalue weighted by molar-refractivity contribution is -0.128. The summed E-state index contributed by atoms with van der Waals surface area (Å²) in [6.07, 6.45) is 1.93. The van der Waals surface area contributed by atoms with Gasteiger partial charge in [-0.05, 0) is 6.07 Å². The topological polar surface area (TPSA) is 44.1 Å². The van der Waals surface area contributed by atoms with Crippen molar-refractivity contribution in [3.05, 3.63) is 30.5 Å². The molecule has 0 saturated carbocycles. The van der Waals surface area contributed by atoms with Crippen molar-refractivity contribution in [3.63, 3.8) is 0 Å². The molecule has 0 aliphatic carbocycles. The van der Waals surface area contributed by atoms with E-state index < -0.39 is 0 Å². The van der Waals surface area contributed by atoms with Gasteiger partial charge in [-0.15, -0.1) is 0 Å². The molecule has 0 amide bonds. The number of carbonyl (C=O) groups is 1. The number of hydrogen-bond donors (Lipinski definition) is 0. The summed E-state index contributed by atoms with van der Waals surface area (Å²) in [5.41, 5.74) is 0.957. The zero-order valence-corrected chi connectivity index (χ0v) is 7.59. The van der Waals surface area contributed by atoms with Crippen LogP contribution < -0.4 is 0 Å². The molecular formula is C10H10N2O2. The monoisotopic (exact) mass is 190 g/mol. The maximum atomic E-state index is 9.92. The lowest BCUT2D eigenvalue weighted by atomic mass is 10.3. The predicted molar refractivity (Wildman–Crippen MR) is 51.7 cm³/mol. The standard InChI is InChI=1S/C10H10N2O2/c13-8-14-6-5-12-7-9-3-1-2-4-10(9)11-12/h1-4,7-8H,5-6H2. The van der Waals surface area contributed by atoms with E-state index in [1.165, 1.54) is 0 Å². The summed E-state index contributed by atoms with van der Waals surface area (Å²) in [4.78, 5) is 9.92. The summed E-state index contributed by atoms with van der Waals surface area (Å²) in [6, 6.07) is 7.86. The van der Waals surface area contributed by atoms with Gasteiger partial charge in [-0.25, -0.2) is 0 Å². The van der Waals surface area contributed by atoms with Crippen molar-refractivity contribution in [2.45, 2.75) is 6.54 Å². The van der Waals surface area contributed by atoms with Gasteiger partial charge in [0.15, 0.2) is 0 Å². The average molecular weight is 190 g/mol. The van der Waals surface area contributed by atoms with Crippen LogP contribution in [0, 0.1) is 0 Å². The van der Waals surface area contributed by atoms with Crippen molar-refractivity contribution >= 4 is 17.4 Å². The first-order valence-corrected chi connectivity index (χ1v) is 4.37. The molecule has 4 heteroatoms. The number of aromatic nitrogens is 2. The molecule has 1 heterocycles. The molecule has 0 aliphatic heterocycles. The van der Waals surface area contributed by atoms with E-state index in [4.69, 9.17) is 0 Å². The van der Waals surface area contributed by atoms with Gasteiger partial charge in [0, 0.05) is 11.6 Å². The Kier molecular flexibility index (Phi) is 2.44. The van der Waals surface area contributed by atoms with E-state index in [1.807, 2.05) is 30.5 Å². The molecule has 1 aromatic heterocycles. The third-order valence-corrected chi connectivity index (χ3v) is 1.97. The molecule has 0 bridgehead atoms. The quantitative estimate of drug-likeness (QED) is 0.537. The summed E-state index contributed by atoms with van der Waals surface area (Å²) in [6.45, 7) is 1.40. The van der Waals surface area contributed by atoms with Crippen LogP contribution in [0.4, 0.5) is 0 Å². The zero-order chi connectivity index (χ0) is 9.80. The Labute approximate surface area is 81.1 Å². The Balaban J connectivity index is 2.14. The van der Waals surface area contributed by atoms with Crippen LogP contribution in [0.25, 0.3) is 10.9 Å². The summed E-state index contributed by atoms with van der Waals surface area (Å²) >= 11 is 0. The highest BCUT2D eigenvalue weighted by molar-refractivity contribution is 5.77. The second-order valence-corrected chi connectivity index (χ2v) is 2.92. The van der Waals surface area contributed by atoms with E-state index in [0.29, 0.717) is 19.6 Å². The van der Waals surface area contributed by atoms with Crippen molar-refractivity contribution in [1.82, 2.24) is 9.78 Å². The molecule has 1 aromatic carbocycles. The molecule has 0 spiro atoms. The highest BCUT2D eigenvalue weighted by Gasteiger charge is 1.98. The maximum Gasteiger partial charge on any atom is 0.293 e. The van der Waals surface area contributed by atoms with Crippen molar-refractivity contribution in [1.29, 1.82) is 0 Å². The van der Waals surface area contributed by atoms with Gasteiger partial charge >= 0.3 is 0 Å². The summed E-state index contributed by atoms with van der Waals surface area (Å²) in [5.74, 6) is 0. The first-order chi connectivity index (χ1) is 6.90. The zero-order valence-electron chi connectivity index (χ0n) is 7.59. The molecule has 2 rings (SSSR count). The Morgan fingerprint density at radius 3 is 3.07 bits per heavy atom. The van der Waals surface area contributed by atoms with Gasteiger partial charge < -0.3 is 4.74 Å². The van der Waals surface area contributed by atoms with Crippen LogP contribution >= 0.6 is 0 Å². The largest absolute Gasteiger partial charge is 0.466 e. The minimum Gasteiger partial charge on any atom is -0.466 e. The van der Waals surface area contributed by atoms with Gasteiger partial charge in [-0.3, -0.25) is 9.48 Å². The number of carbonyl (C=O) groups excluding carboxylic acids is 1. The fourth-order valence-corrected chi connectivity index (χ4v) is 1.32. The van der Waals surface area contributed by atoms with Crippen molar-refractivity contribution in [2.24, 2.45) is 0 Å². The Bertz CT molecular complexity index is 403. The second-order valence-electron chi connectivity index (χ2n) is 2.92. The second kappa shape index (κ2) is 3.91. The van der Waals surface area contributed by atoms with Gasteiger partial charge in [0.1, 0.15) is 6.61 Å². The number of hydrogen-bond acceptors (Lipinski definition) is 3. The summed E-state index contributed by atoms with van der Waals surface area (Å²) < 4.78 is 6.36. The molecule has 0 saturated heterocycles. The van der Waals surface area contributed by atoms with Crippen LogP contribution in [0.2, 0.25) is 0 Å². The fourth-order valence-electron chi connectivity index (χ4n) is 1.32. The molecule has 14 heavy (non-hydrogen) atoms. The van der Waals surface area contributed by atoms with E-state index in [1.54, 1.807) is 4.68 Å². The van der Waals surface area contributed by atoms with Crippen LogP contribution in [0.3, 0.4) is 0 Å². The molecule has 0 atom stereocenters. The van der Waals surface area contributed by atoms with Gasteiger partial charge in [0.25, 0.3) is 6.47 Å². The molecule has 72 valence electrons. The van der Waals surface area contributed by atoms with Crippen LogP contribution in [0.1, 0.15) is 0 Å². The maximum absolute atomic E-state index is 9.92. The fraction of sp³-hybridized carbons (Fsp3) is 0.200. The molecule has 0 aliphatic rings. The van der Waals surface area contributed by atoms with Crippen LogP contribution in [0.5, 0.6) is 0 Å². The first-order valence-electron chi connectivity index (χ1n) is 4.37. The number of benzene rings is 1. The van der Waals surface area contributed by atoms with Gasteiger partial charge in [-0.1, -0.05) is 18.2 Å².